The Bertz CT molecular complexity index is 701. The van der Waals surface area contributed by atoms with Gasteiger partial charge in [0.1, 0.15) is 11.2 Å². The molecule has 0 bridgehead atoms. The molecule has 1 aromatic carbocycles. The summed E-state index contributed by atoms with van der Waals surface area (Å²) in [6, 6.07) is 3.60. The Morgan fingerprint density at radius 1 is 1.40 bits per heavy atom. The number of carbonyl (C=O) groups excluding carboxylic acids is 1. The Labute approximate surface area is 150 Å². The summed E-state index contributed by atoms with van der Waals surface area (Å²) < 4.78 is 18.2. The summed E-state index contributed by atoms with van der Waals surface area (Å²) in [7, 11) is 1.61. The van der Waals surface area contributed by atoms with Gasteiger partial charge in [-0.2, -0.15) is 0 Å². The van der Waals surface area contributed by atoms with Gasteiger partial charge in [0.05, 0.1) is 17.2 Å². The zero-order valence-corrected chi connectivity index (χ0v) is 14.6. The summed E-state index contributed by atoms with van der Waals surface area (Å²) in [6.45, 7) is 2.68. The first-order valence-electron chi connectivity index (χ1n) is 8.06. The van der Waals surface area contributed by atoms with E-state index in [9.17, 15) is 19.1 Å². The van der Waals surface area contributed by atoms with Crippen LogP contribution in [0.3, 0.4) is 0 Å². The van der Waals surface area contributed by atoms with Gasteiger partial charge in [-0.05, 0) is 18.2 Å². The number of carboxylic acids is 1. The number of methoxy groups -OCH3 is 1. The molecule has 0 saturated carbocycles. The molecule has 25 heavy (non-hydrogen) atoms. The van der Waals surface area contributed by atoms with Crippen LogP contribution in [-0.2, 0) is 9.53 Å². The number of hydrogen-bond acceptors (Lipinski definition) is 4. The molecule has 1 amide bonds. The SMILES string of the molecule is COCCN1CC2CN(C(=O)c3ccc(F)cc3Cl)CC2(C(=O)O)C1. The van der Waals surface area contributed by atoms with Gasteiger partial charge in [0, 0.05) is 45.8 Å². The van der Waals surface area contributed by atoms with E-state index < -0.39 is 17.2 Å². The quantitative estimate of drug-likeness (QED) is 0.852. The van der Waals surface area contributed by atoms with Gasteiger partial charge in [0.2, 0.25) is 0 Å². The van der Waals surface area contributed by atoms with E-state index in [-0.39, 0.29) is 29.0 Å². The molecule has 0 aliphatic carbocycles. The largest absolute Gasteiger partial charge is 0.481 e. The van der Waals surface area contributed by atoms with Crippen LogP contribution in [0.15, 0.2) is 18.2 Å². The number of aliphatic carboxylic acids is 1. The molecule has 0 radical (unpaired) electrons. The van der Waals surface area contributed by atoms with Crippen LogP contribution in [0.2, 0.25) is 5.02 Å². The van der Waals surface area contributed by atoms with E-state index >= 15 is 0 Å². The van der Waals surface area contributed by atoms with Gasteiger partial charge < -0.3 is 14.7 Å². The van der Waals surface area contributed by atoms with Crippen LogP contribution in [0.1, 0.15) is 10.4 Å². The highest BCUT2D eigenvalue weighted by atomic mass is 35.5. The van der Waals surface area contributed by atoms with Crippen molar-refractivity contribution in [2.24, 2.45) is 11.3 Å². The average Bonchev–Trinajstić information content (AvgIpc) is 3.07. The Kier molecular flexibility index (Phi) is 4.99. The minimum atomic E-state index is -0.976. The Morgan fingerprint density at radius 2 is 2.16 bits per heavy atom. The van der Waals surface area contributed by atoms with Crippen LogP contribution < -0.4 is 0 Å². The highest BCUT2D eigenvalue weighted by Gasteiger charge is 2.58. The third-order valence-corrected chi connectivity index (χ3v) is 5.48. The minimum Gasteiger partial charge on any atom is -0.481 e. The maximum atomic E-state index is 13.2. The van der Waals surface area contributed by atoms with Crippen LogP contribution in [0.25, 0.3) is 0 Å². The van der Waals surface area contributed by atoms with Crippen LogP contribution in [0.5, 0.6) is 0 Å². The van der Waals surface area contributed by atoms with Crippen molar-refractivity contribution in [2.45, 2.75) is 0 Å². The molecule has 2 aliphatic heterocycles. The molecule has 2 saturated heterocycles. The number of carbonyl (C=O) groups is 2. The highest BCUT2D eigenvalue weighted by molar-refractivity contribution is 6.33. The van der Waals surface area contributed by atoms with Crippen molar-refractivity contribution in [3.05, 3.63) is 34.6 Å². The first-order chi connectivity index (χ1) is 11.9. The molecule has 2 heterocycles. The topological polar surface area (TPSA) is 70.1 Å². The molecule has 2 fully saturated rings. The molecule has 1 N–H and O–H groups in total. The van der Waals surface area contributed by atoms with Crippen molar-refractivity contribution in [3.8, 4) is 0 Å². The third kappa shape index (κ3) is 3.23. The third-order valence-electron chi connectivity index (χ3n) is 5.17. The maximum Gasteiger partial charge on any atom is 0.313 e. The van der Waals surface area contributed by atoms with Gasteiger partial charge in [-0.15, -0.1) is 0 Å². The second kappa shape index (κ2) is 6.90. The van der Waals surface area contributed by atoms with E-state index in [1.807, 2.05) is 0 Å². The van der Waals surface area contributed by atoms with Gasteiger partial charge in [0.25, 0.3) is 5.91 Å². The van der Waals surface area contributed by atoms with E-state index in [4.69, 9.17) is 16.3 Å². The number of benzene rings is 1. The molecule has 8 heteroatoms. The number of nitrogens with zero attached hydrogens (tertiary/aromatic N) is 2. The maximum absolute atomic E-state index is 13.2. The van der Waals surface area contributed by atoms with Crippen molar-refractivity contribution < 1.29 is 23.8 Å². The number of rotatable bonds is 5. The molecule has 2 atom stereocenters. The van der Waals surface area contributed by atoms with Crippen LogP contribution >= 0.6 is 11.6 Å². The summed E-state index contributed by atoms with van der Waals surface area (Å²) in [5, 5.41) is 9.84. The molecular formula is C17H20ClFN2O4. The number of fused-ring (bicyclic) bond motifs is 1. The molecule has 2 aliphatic rings. The van der Waals surface area contributed by atoms with E-state index in [1.54, 1.807) is 7.11 Å². The fourth-order valence-electron chi connectivity index (χ4n) is 3.85. The Morgan fingerprint density at radius 3 is 2.76 bits per heavy atom. The van der Waals surface area contributed by atoms with Crippen molar-refractivity contribution >= 4 is 23.5 Å². The van der Waals surface area contributed by atoms with Crippen molar-refractivity contribution in [2.75, 3.05) is 46.4 Å². The van der Waals surface area contributed by atoms with Crippen LogP contribution in [0, 0.1) is 17.2 Å². The summed E-state index contributed by atoms with van der Waals surface area (Å²) in [4.78, 5) is 28.3. The summed E-state index contributed by atoms with van der Waals surface area (Å²) >= 11 is 5.98. The average molecular weight is 371 g/mol. The Balaban J connectivity index is 1.78. The second-order valence-electron chi connectivity index (χ2n) is 6.70. The smallest absolute Gasteiger partial charge is 0.313 e. The van der Waals surface area contributed by atoms with E-state index in [0.717, 1.165) is 6.07 Å². The summed E-state index contributed by atoms with van der Waals surface area (Å²) in [5.41, 5.74) is -0.782. The first kappa shape index (κ1) is 18.1. The van der Waals surface area contributed by atoms with E-state index in [1.165, 1.54) is 17.0 Å². The lowest BCUT2D eigenvalue weighted by Crippen LogP contribution is -2.42. The molecule has 1 aromatic rings. The number of halogens is 2. The van der Waals surface area contributed by atoms with Gasteiger partial charge in [-0.3, -0.25) is 14.5 Å². The van der Waals surface area contributed by atoms with E-state index in [2.05, 4.69) is 4.90 Å². The predicted molar refractivity (Wildman–Crippen MR) is 89.2 cm³/mol. The van der Waals surface area contributed by atoms with Gasteiger partial charge >= 0.3 is 5.97 Å². The van der Waals surface area contributed by atoms with Crippen LogP contribution in [0.4, 0.5) is 4.39 Å². The fourth-order valence-corrected chi connectivity index (χ4v) is 4.10. The van der Waals surface area contributed by atoms with E-state index in [0.29, 0.717) is 32.8 Å². The molecule has 0 spiro atoms. The zero-order valence-electron chi connectivity index (χ0n) is 13.9. The number of ether oxygens (including phenoxy) is 1. The minimum absolute atomic E-state index is 0.0353. The molecule has 3 rings (SSSR count). The second-order valence-corrected chi connectivity index (χ2v) is 7.10. The number of amides is 1. The van der Waals surface area contributed by atoms with Gasteiger partial charge in [-0.1, -0.05) is 11.6 Å². The lowest BCUT2D eigenvalue weighted by molar-refractivity contribution is -0.148. The number of likely N-dealkylation sites (tertiary alicyclic amines) is 2. The molecule has 6 nitrogen and oxygen atoms in total. The van der Waals surface area contributed by atoms with Crippen molar-refractivity contribution in [3.63, 3.8) is 0 Å². The molecular weight excluding hydrogens is 351 g/mol. The normalized spacial score (nSPS) is 26.0. The van der Waals surface area contributed by atoms with Crippen molar-refractivity contribution in [1.82, 2.24) is 9.80 Å². The first-order valence-corrected chi connectivity index (χ1v) is 8.44. The lowest BCUT2D eigenvalue weighted by Gasteiger charge is -2.25. The fraction of sp³-hybridized carbons (Fsp3) is 0.529. The van der Waals surface area contributed by atoms with Gasteiger partial charge in [0.15, 0.2) is 0 Å². The lowest BCUT2D eigenvalue weighted by atomic mass is 9.81. The summed E-state index contributed by atoms with van der Waals surface area (Å²) in [6.07, 6.45) is 0. The van der Waals surface area contributed by atoms with Crippen LogP contribution in [-0.4, -0.2) is 73.2 Å². The predicted octanol–water partition coefficient (Wildman–Crippen LogP) is 1.58. The number of carboxylic acid groups (broad SMARTS) is 1. The summed E-state index contributed by atoms with van der Waals surface area (Å²) in [5.74, 6) is -1.91. The van der Waals surface area contributed by atoms with Gasteiger partial charge in [-0.25, -0.2) is 4.39 Å². The molecule has 0 aromatic heterocycles. The number of hydrogen-bond donors (Lipinski definition) is 1. The molecule has 136 valence electrons. The zero-order chi connectivity index (χ0) is 18.2. The standard InChI is InChI=1S/C17H20ClFN2O4/c1-25-5-4-20-7-11-8-21(10-17(11,9-20)16(23)24)15(22)13-3-2-12(19)6-14(13)18/h2-3,6,11H,4-5,7-10H2,1H3,(H,23,24). The Hall–Kier alpha value is -1.70. The highest BCUT2D eigenvalue weighted by Crippen LogP contribution is 2.43. The molecule has 2 unspecified atom stereocenters. The monoisotopic (exact) mass is 370 g/mol. The van der Waals surface area contributed by atoms with Crippen molar-refractivity contribution in [1.29, 1.82) is 0 Å².